The smallest absolute Gasteiger partial charge is 0.313 e. The maximum absolute atomic E-state index is 11.2. The van der Waals surface area contributed by atoms with Gasteiger partial charge in [0.2, 0.25) is 5.75 Å². The van der Waals surface area contributed by atoms with Crippen LogP contribution in [0.15, 0.2) is 36.4 Å². The molecule has 0 aliphatic rings. The molecule has 7 heteroatoms. The molecule has 0 saturated carbocycles. The Morgan fingerprint density at radius 3 is 2.86 bits per heavy atom. The zero-order valence-corrected chi connectivity index (χ0v) is 11.8. The van der Waals surface area contributed by atoms with Crippen molar-refractivity contribution in [3.05, 3.63) is 51.5 Å². The van der Waals surface area contributed by atoms with Crippen molar-refractivity contribution in [2.24, 2.45) is 0 Å². The summed E-state index contributed by atoms with van der Waals surface area (Å²) < 4.78 is 6.27. The van der Waals surface area contributed by atoms with E-state index in [0.29, 0.717) is 11.3 Å². The van der Waals surface area contributed by atoms with Crippen molar-refractivity contribution >= 4 is 27.2 Å². The molecule has 0 bridgehead atoms. The highest BCUT2D eigenvalue weighted by Gasteiger charge is 2.19. The van der Waals surface area contributed by atoms with Crippen LogP contribution >= 0.6 is 11.3 Å². The Bertz CT molecular complexity index is 844. The van der Waals surface area contributed by atoms with E-state index in [-0.39, 0.29) is 17.2 Å². The van der Waals surface area contributed by atoms with Crippen LogP contribution in [0.3, 0.4) is 0 Å². The van der Waals surface area contributed by atoms with E-state index in [9.17, 15) is 15.2 Å². The fourth-order valence-electron chi connectivity index (χ4n) is 1.96. The van der Waals surface area contributed by atoms with Crippen LogP contribution in [0.5, 0.6) is 17.2 Å². The number of aromatic hydroxyl groups is 1. The number of fused-ring (bicyclic) bond motifs is 1. The van der Waals surface area contributed by atoms with Crippen LogP contribution in [0.25, 0.3) is 10.2 Å². The summed E-state index contributed by atoms with van der Waals surface area (Å²) in [5, 5.41) is 21.4. The first kappa shape index (κ1) is 13.3. The fourth-order valence-corrected chi connectivity index (χ4v) is 2.80. The molecule has 21 heavy (non-hydrogen) atoms. The minimum atomic E-state index is -0.493. The number of thiazole rings is 1. The van der Waals surface area contributed by atoms with Crippen LogP contribution in [0.2, 0.25) is 0 Å². The van der Waals surface area contributed by atoms with Gasteiger partial charge in [-0.1, -0.05) is 6.07 Å². The van der Waals surface area contributed by atoms with Gasteiger partial charge >= 0.3 is 5.69 Å². The molecule has 106 valence electrons. The lowest BCUT2D eigenvalue weighted by Crippen LogP contribution is -1.93. The SMILES string of the molecule is Cc1nc2cc(Oc3cccc(O)c3)c([N+](=O)[O-])cc2s1. The van der Waals surface area contributed by atoms with Crippen molar-refractivity contribution in [1.82, 2.24) is 4.98 Å². The van der Waals surface area contributed by atoms with Gasteiger partial charge in [0.1, 0.15) is 11.5 Å². The monoisotopic (exact) mass is 302 g/mol. The Hall–Kier alpha value is -2.67. The molecular formula is C14H10N2O4S. The van der Waals surface area contributed by atoms with Gasteiger partial charge in [-0.25, -0.2) is 4.98 Å². The number of hydrogen-bond donors (Lipinski definition) is 1. The number of ether oxygens (including phenoxy) is 1. The van der Waals surface area contributed by atoms with Gasteiger partial charge in [0.25, 0.3) is 0 Å². The summed E-state index contributed by atoms with van der Waals surface area (Å²) in [5.74, 6) is 0.452. The molecule has 0 aliphatic carbocycles. The Labute approximate surface area is 123 Å². The number of aryl methyl sites for hydroxylation is 1. The summed E-state index contributed by atoms with van der Waals surface area (Å²) in [5.41, 5.74) is 0.521. The van der Waals surface area contributed by atoms with E-state index < -0.39 is 4.92 Å². The van der Waals surface area contributed by atoms with Crippen molar-refractivity contribution in [3.63, 3.8) is 0 Å². The van der Waals surface area contributed by atoms with Crippen LogP contribution in [0, 0.1) is 17.0 Å². The molecule has 6 nitrogen and oxygen atoms in total. The van der Waals surface area contributed by atoms with E-state index in [0.717, 1.165) is 9.71 Å². The normalized spacial score (nSPS) is 10.7. The van der Waals surface area contributed by atoms with Crippen molar-refractivity contribution in [2.45, 2.75) is 6.92 Å². The molecule has 0 atom stereocenters. The highest BCUT2D eigenvalue weighted by atomic mass is 32.1. The molecule has 3 aromatic rings. The largest absolute Gasteiger partial charge is 0.508 e. The maximum atomic E-state index is 11.2. The summed E-state index contributed by atoms with van der Waals surface area (Å²) in [6.07, 6.45) is 0. The van der Waals surface area contributed by atoms with E-state index in [1.807, 2.05) is 6.92 Å². The third-order valence-corrected chi connectivity index (χ3v) is 3.75. The first-order chi connectivity index (χ1) is 10.0. The minimum Gasteiger partial charge on any atom is -0.508 e. The summed E-state index contributed by atoms with van der Waals surface area (Å²) >= 11 is 1.39. The lowest BCUT2D eigenvalue weighted by molar-refractivity contribution is -0.385. The molecule has 0 unspecified atom stereocenters. The number of nitro groups is 1. The number of phenolic OH excluding ortho intramolecular Hbond substituents is 1. The standard InChI is InChI=1S/C14H10N2O4S/c1-8-15-11-6-13(12(16(18)19)7-14(11)21-8)20-10-4-2-3-9(17)5-10/h2-7,17H,1H3. The first-order valence-corrected chi connectivity index (χ1v) is 6.87. The third kappa shape index (κ3) is 2.63. The lowest BCUT2D eigenvalue weighted by atomic mass is 10.2. The molecule has 0 saturated heterocycles. The van der Waals surface area contributed by atoms with Crippen molar-refractivity contribution < 1.29 is 14.8 Å². The van der Waals surface area contributed by atoms with Gasteiger partial charge in [-0.15, -0.1) is 11.3 Å². The molecule has 0 fully saturated rings. The molecule has 1 aromatic heterocycles. The van der Waals surface area contributed by atoms with E-state index in [1.54, 1.807) is 18.2 Å². The molecule has 0 spiro atoms. The average Bonchev–Trinajstić information content (AvgIpc) is 2.76. The van der Waals surface area contributed by atoms with Gasteiger partial charge in [-0.2, -0.15) is 0 Å². The summed E-state index contributed by atoms with van der Waals surface area (Å²) in [6.45, 7) is 1.84. The van der Waals surface area contributed by atoms with Gasteiger partial charge in [0.05, 0.1) is 20.1 Å². The van der Waals surface area contributed by atoms with Crippen LogP contribution in [0.1, 0.15) is 5.01 Å². The van der Waals surface area contributed by atoms with Crippen molar-refractivity contribution in [3.8, 4) is 17.2 Å². The van der Waals surface area contributed by atoms with Gasteiger partial charge < -0.3 is 9.84 Å². The highest BCUT2D eigenvalue weighted by molar-refractivity contribution is 7.18. The number of aromatic nitrogens is 1. The second kappa shape index (κ2) is 5.02. The molecule has 0 aliphatic heterocycles. The van der Waals surface area contributed by atoms with Gasteiger partial charge in [0.15, 0.2) is 0 Å². The molecule has 3 rings (SSSR count). The Morgan fingerprint density at radius 1 is 1.33 bits per heavy atom. The predicted molar refractivity (Wildman–Crippen MR) is 79.2 cm³/mol. The number of nitrogens with zero attached hydrogens (tertiary/aromatic N) is 2. The third-order valence-electron chi connectivity index (χ3n) is 2.82. The highest BCUT2D eigenvalue weighted by Crippen LogP contribution is 2.37. The number of phenols is 1. The van der Waals surface area contributed by atoms with E-state index in [4.69, 9.17) is 4.74 Å². The predicted octanol–water partition coefficient (Wildman–Crippen LogP) is 4.01. The Kier molecular flexibility index (Phi) is 3.19. The van der Waals surface area contributed by atoms with E-state index in [1.165, 1.54) is 29.5 Å². The summed E-state index contributed by atoms with van der Waals surface area (Å²) in [4.78, 5) is 15.0. The van der Waals surface area contributed by atoms with Crippen LogP contribution < -0.4 is 4.74 Å². The first-order valence-electron chi connectivity index (χ1n) is 6.05. The van der Waals surface area contributed by atoms with Gasteiger partial charge in [-0.05, 0) is 19.1 Å². The molecule has 2 aromatic carbocycles. The minimum absolute atomic E-state index is 0.0285. The number of benzene rings is 2. The van der Waals surface area contributed by atoms with Gasteiger partial charge in [-0.3, -0.25) is 10.1 Å². The number of nitro benzene ring substituents is 1. The summed E-state index contributed by atoms with van der Waals surface area (Å²) in [7, 11) is 0. The maximum Gasteiger partial charge on any atom is 0.313 e. The summed E-state index contributed by atoms with van der Waals surface area (Å²) in [6, 6.07) is 9.09. The second-order valence-corrected chi connectivity index (χ2v) is 5.61. The van der Waals surface area contributed by atoms with Crippen molar-refractivity contribution in [2.75, 3.05) is 0 Å². The molecular weight excluding hydrogens is 292 g/mol. The number of hydrogen-bond acceptors (Lipinski definition) is 6. The molecule has 1 N–H and O–H groups in total. The van der Waals surface area contributed by atoms with Crippen LogP contribution in [0.4, 0.5) is 5.69 Å². The number of rotatable bonds is 3. The topological polar surface area (TPSA) is 85.5 Å². The van der Waals surface area contributed by atoms with Crippen LogP contribution in [-0.4, -0.2) is 15.0 Å². The van der Waals surface area contributed by atoms with E-state index in [2.05, 4.69) is 4.98 Å². The molecule has 1 heterocycles. The zero-order valence-electron chi connectivity index (χ0n) is 10.9. The Balaban J connectivity index is 2.11. The zero-order chi connectivity index (χ0) is 15.0. The Morgan fingerprint density at radius 2 is 2.14 bits per heavy atom. The lowest BCUT2D eigenvalue weighted by Gasteiger charge is -2.06. The quantitative estimate of drug-likeness (QED) is 0.583. The molecule has 0 amide bonds. The fraction of sp³-hybridized carbons (Fsp3) is 0.0714. The van der Waals surface area contributed by atoms with Gasteiger partial charge in [0, 0.05) is 18.2 Å². The molecule has 0 radical (unpaired) electrons. The van der Waals surface area contributed by atoms with Crippen molar-refractivity contribution in [1.29, 1.82) is 0 Å². The second-order valence-electron chi connectivity index (χ2n) is 4.38. The average molecular weight is 302 g/mol. The van der Waals surface area contributed by atoms with E-state index >= 15 is 0 Å². The van der Waals surface area contributed by atoms with Crippen LogP contribution in [-0.2, 0) is 0 Å².